The smallest absolute Gasteiger partial charge is 0.174 e. The van der Waals surface area contributed by atoms with Gasteiger partial charge in [-0.25, -0.2) is 0 Å². The first-order valence-electron chi connectivity index (χ1n) is 5.87. The summed E-state index contributed by atoms with van der Waals surface area (Å²) in [5, 5.41) is 15.8. The minimum Gasteiger partial charge on any atom is -0.370 e. The summed E-state index contributed by atoms with van der Waals surface area (Å²) in [5.41, 5.74) is 4.09. The first kappa shape index (κ1) is 13.4. The van der Waals surface area contributed by atoms with E-state index >= 15 is 0 Å². The van der Waals surface area contributed by atoms with Gasteiger partial charge in [0, 0.05) is 24.9 Å². The van der Waals surface area contributed by atoms with Crippen LogP contribution < -0.4 is 5.32 Å². The zero-order valence-electron chi connectivity index (χ0n) is 10.8. The molecular formula is C11H17N5S2. The van der Waals surface area contributed by atoms with Gasteiger partial charge in [-0.15, -0.1) is 10.2 Å². The molecule has 0 aliphatic heterocycles. The summed E-state index contributed by atoms with van der Waals surface area (Å²) in [7, 11) is 1.98. The summed E-state index contributed by atoms with van der Waals surface area (Å²) in [4.78, 5) is 0. The molecule has 2 aromatic heterocycles. The molecular weight excluding hydrogens is 266 g/mol. The van der Waals surface area contributed by atoms with E-state index in [-0.39, 0.29) is 0 Å². The molecule has 0 saturated heterocycles. The highest BCUT2D eigenvalue weighted by molar-refractivity contribution is 8.00. The third-order valence-electron chi connectivity index (χ3n) is 2.57. The van der Waals surface area contributed by atoms with Gasteiger partial charge in [0.05, 0.1) is 5.69 Å². The molecule has 0 atom stereocenters. The Morgan fingerprint density at radius 2 is 2.33 bits per heavy atom. The van der Waals surface area contributed by atoms with E-state index in [1.807, 2.05) is 18.7 Å². The summed E-state index contributed by atoms with van der Waals surface area (Å²) in [5.74, 6) is 1.99. The van der Waals surface area contributed by atoms with Crippen LogP contribution in [0.3, 0.4) is 0 Å². The molecule has 0 unspecified atom stereocenters. The van der Waals surface area contributed by atoms with Crippen LogP contribution in [0.4, 0.5) is 5.82 Å². The lowest BCUT2D eigenvalue weighted by molar-refractivity contribution is 0.756. The van der Waals surface area contributed by atoms with Crippen LogP contribution in [0.25, 0.3) is 0 Å². The average molecular weight is 283 g/mol. The van der Waals surface area contributed by atoms with Crippen molar-refractivity contribution in [2.75, 3.05) is 11.9 Å². The molecule has 5 nitrogen and oxygen atoms in total. The molecule has 2 rings (SSSR count). The second-order valence-electron chi connectivity index (χ2n) is 3.96. The number of thioether (sulfide) groups is 1. The maximum Gasteiger partial charge on any atom is 0.174 e. The van der Waals surface area contributed by atoms with Crippen LogP contribution in [0.5, 0.6) is 0 Å². The molecule has 0 aromatic carbocycles. The highest BCUT2D eigenvalue weighted by atomic mass is 32.2. The number of hydrogen-bond donors (Lipinski definition) is 1. The summed E-state index contributed by atoms with van der Waals surface area (Å²) in [6, 6.07) is 0. The minimum atomic E-state index is 0.876. The van der Waals surface area contributed by atoms with E-state index in [0.29, 0.717) is 0 Å². The van der Waals surface area contributed by atoms with Gasteiger partial charge in [-0.2, -0.15) is 5.10 Å². The van der Waals surface area contributed by atoms with Crippen molar-refractivity contribution >= 4 is 28.9 Å². The van der Waals surface area contributed by atoms with Gasteiger partial charge in [0.25, 0.3) is 0 Å². The number of anilines is 1. The van der Waals surface area contributed by atoms with Gasteiger partial charge in [0.15, 0.2) is 4.34 Å². The lowest BCUT2D eigenvalue weighted by Crippen LogP contribution is -2.06. The number of rotatable bonds is 6. The van der Waals surface area contributed by atoms with Crippen molar-refractivity contribution < 1.29 is 0 Å². The second kappa shape index (κ2) is 6.19. The van der Waals surface area contributed by atoms with Gasteiger partial charge in [0.1, 0.15) is 11.3 Å². The fourth-order valence-corrected chi connectivity index (χ4v) is 3.27. The van der Waals surface area contributed by atoms with Crippen molar-refractivity contribution in [1.29, 1.82) is 0 Å². The molecule has 0 aliphatic rings. The minimum absolute atomic E-state index is 0.876. The first-order valence-corrected chi connectivity index (χ1v) is 7.74. The molecule has 0 aliphatic carbocycles. The summed E-state index contributed by atoms with van der Waals surface area (Å²) in [6.45, 7) is 5.18. The number of aromatic nitrogens is 4. The van der Waals surface area contributed by atoms with Crippen molar-refractivity contribution in [3.8, 4) is 0 Å². The average Bonchev–Trinajstić information content (AvgIpc) is 2.93. The maximum absolute atomic E-state index is 4.47. The Hall–Kier alpha value is -1.08. The van der Waals surface area contributed by atoms with E-state index in [1.165, 1.54) is 5.56 Å². The zero-order valence-corrected chi connectivity index (χ0v) is 12.4. The molecule has 7 heteroatoms. The van der Waals surface area contributed by atoms with Crippen LogP contribution in [0, 0.1) is 6.92 Å². The molecule has 18 heavy (non-hydrogen) atoms. The van der Waals surface area contributed by atoms with Crippen LogP contribution in [0.1, 0.15) is 24.6 Å². The van der Waals surface area contributed by atoms with Crippen molar-refractivity contribution in [2.24, 2.45) is 7.05 Å². The highest BCUT2D eigenvalue weighted by Gasteiger charge is 2.13. The Balaban J connectivity index is 2.10. The van der Waals surface area contributed by atoms with E-state index in [0.717, 1.165) is 34.6 Å². The summed E-state index contributed by atoms with van der Waals surface area (Å²) in [6.07, 6.45) is 1.10. The van der Waals surface area contributed by atoms with Crippen molar-refractivity contribution in [2.45, 2.75) is 30.4 Å². The molecule has 0 radical (unpaired) electrons. The van der Waals surface area contributed by atoms with Crippen LogP contribution in [-0.2, 0) is 12.8 Å². The zero-order chi connectivity index (χ0) is 13.0. The van der Waals surface area contributed by atoms with Crippen molar-refractivity contribution in [3.05, 3.63) is 16.8 Å². The Kier molecular flexibility index (Phi) is 4.60. The lowest BCUT2D eigenvalue weighted by atomic mass is 10.2. The molecule has 0 spiro atoms. The normalized spacial score (nSPS) is 10.8. The van der Waals surface area contributed by atoms with Crippen LogP contribution in [-0.4, -0.2) is 26.5 Å². The Bertz CT molecular complexity index is 492. The van der Waals surface area contributed by atoms with Gasteiger partial charge in [-0.1, -0.05) is 30.0 Å². The predicted octanol–water partition coefficient (Wildman–Crippen LogP) is 2.69. The van der Waals surface area contributed by atoms with E-state index in [1.54, 1.807) is 28.6 Å². The second-order valence-corrected chi connectivity index (χ2v) is 6.01. The Morgan fingerprint density at radius 3 is 3.00 bits per heavy atom. The molecule has 0 amide bonds. The quantitative estimate of drug-likeness (QED) is 0.826. The van der Waals surface area contributed by atoms with Crippen molar-refractivity contribution in [3.63, 3.8) is 0 Å². The van der Waals surface area contributed by atoms with Crippen LogP contribution in [0.15, 0.2) is 9.85 Å². The van der Waals surface area contributed by atoms with E-state index < -0.39 is 0 Å². The Morgan fingerprint density at radius 1 is 1.50 bits per heavy atom. The molecule has 0 bridgehead atoms. The fourth-order valence-electron chi connectivity index (χ4n) is 1.70. The lowest BCUT2D eigenvalue weighted by Gasteiger charge is -2.08. The molecule has 0 fully saturated rings. The molecule has 2 aromatic rings. The standard InChI is InChI=1S/C11H17N5S2/c1-4-5-12-10-9(8(2)15-16(10)3)6-17-11-14-13-7-18-11/h7,12H,4-6H2,1-3H3. The SMILES string of the molecule is CCCNc1c(CSc2nncs2)c(C)nn1C. The molecule has 1 N–H and O–H groups in total. The maximum atomic E-state index is 4.47. The number of hydrogen-bond acceptors (Lipinski definition) is 6. The monoisotopic (exact) mass is 283 g/mol. The van der Waals surface area contributed by atoms with Gasteiger partial charge in [0.2, 0.25) is 0 Å². The summed E-state index contributed by atoms with van der Waals surface area (Å²) >= 11 is 3.28. The topological polar surface area (TPSA) is 55.6 Å². The number of aryl methyl sites for hydroxylation is 2. The van der Waals surface area contributed by atoms with Gasteiger partial charge in [-0.3, -0.25) is 4.68 Å². The van der Waals surface area contributed by atoms with Gasteiger partial charge >= 0.3 is 0 Å². The third-order valence-corrected chi connectivity index (χ3v) is 4.46. The largest absolute Gasteiger partial charge is 0.370 e. The van der Waals surface area contributed by atoms with E-state index in [9.17, 15) is 0 Å². The molecule has 98 valence electrons. The molecule has 0 saturated carbocycles. The third kappa shape index (κ3) is 3.02. The van der Waals surface area contributed by atoms with Crippen LogP contribution in [0.2, 0.25) is 0 Å². The van der Waals surface area contributed by atoms with Gasteiger partial charge < -0.3 is 5.32 Å². The Labute approximate surface area is 115 Å². The van der Waals surface area contributed by atoms with Gasteiger partial charge in [-0.05, 0) is 13.3 Å². The van der Waals surface area contributed by atoms with E-state index in [2.05, 4.69) is 27.5 Å². The first-order chi connectivity index (χ1) is 8.72. The number of nitrogens with zero attached hydrogens (tertiary/aromatic N) is 4. The van der Waals surface area contributed by atoms with Crippen LogP contribution >= 0.6 is 23.1 Å². The van der Waals surface area contributed by atoms with Crippen molar-refractivity contribution in [1.82, 2.24) is 20.0 Å². The predicted molar refractivity (Wildman–Crippen MR) is 76.2 cm³/mol. The highest BCUT2D eigenvalue weighted by Crippen LogP contribution is 2.29. The fraction of sp³-hybridized carbons (Fsp3) is 0.545. The van der Waals surface area contributed by atoms with E-state index in [4.69, 9.17) is 0 Å². The summed E-state index contributed by atoms with van der Waals surface area (Å²) < 4.78 is 2.92. The molecule has 2 heterocycles. The number of nitrogens with one attached hydrogen (secondary N) is 1.